The molecule has 7 heteroatoms. The van der Waals surface area contributed by atoms with Gasteiger partial charge in [-0.15, -0.1) is 10.2 Å². The first-order valence-corrected chi connectivity index (χ1v) is 8.74. The van der Waals surface area contributed by atoms with Gasteiger partial charge in [0.05, 0.1) is 6.54 Å². The number of rotatable bonds is 5. The van der Waals surface area contributed by atoms with Crippen molar-refractivity contribution in [2.45, 2.75) is 44.6 Å². The van der Waals surface area contributed by atoms with E-state index in [2.05, 4.69) is 20.5 Å². The molecule has 126 valence electrons. The van der Waals surface area contributed by atoms with Crippen LogP contribution in [0, 0.1) is 0 Å². The quantitative estimate of drug-likeness (QED) is 0.767. The molecular formula is C18H18N6O. The average Bonchev–Trinajstić information content (AvgIpc) is 3.20. The molecule has 0 aliphatic heterocycles. The fourth-order valence-electron chi connectivity index (χ4n) is 3.18. The third kappa shape index (κ3) is 2.86. The number of pyridine rings is 1. The Morgan fingerprint density at radius 3 is 2.92 bits per heavy atom. The topological polar surface area (TPSA) is 89.6 Å². The lowest BCUT2D eigenvalue weighted by atomic mass is 10.2. The first-order valence-electron chi connectivity index (χ1n) is 8.74. The van der Waals surface area contributed by atoms with Crippen LogP contribution < -0.4 is 5.32 Å². The minimum Gasteiger partial charge on any atom is -0.423 e. The van der Waals surface area contributed by atoms with E-state index in [1.807, 2.05) is 18.2 Å². The standard InChI is InChI=1S/C18H18N6O/c1-2-9-19-14(5-1)17-21-13-6-3-4-12(13)16(22-17)20-10-15-23-24-18(25-15)11-7-8-11/h1-2,5,9,11H,3-4,6-8,10H2,(H,20,21,22). The number of nitrogens with one attached hydrogen (secondary N) is 1. The summed E-state index contributed by atoms with van der Waals surface area (Å²) < 4.78 is 5.72. The van der Waals surface area contributed by atoms with Gasteiger partial charge >= 0.3 is 0 Å². The molecule has 0 aromatic carbocycles. The van der Waals surface area contributed by atoms with Crippen LogP contribution in [-0.2, 0) is 19.4 Å². The second-order valence-corrected chi connectivity index (χ2v) is 6.55. The summed E-state index contributed by atoms with van der Waals surface area (Å²) in [6.07, 6.45) is 7.16. The Morgan fingerprint density at radius 1 is 1.12 bits per heavy atom. The van der Waals surface area contributed by atoms with Crippen LogP contribution in [0.15, 0.2) is 28.8 Å². The lowest BCUT2D eigenvalue weighted by Gasteiger charge is -2.10. The number of nitrogens with zero attached hydrogens (tertiary/aromatic N) is 5. The molecule has 0 unspecified atom stereocenters. The van der Waals surface area contributed by atoms with Crippen LogP contribution in [0.5, 0.6) is 0 Å². The number of fused-ring (bicyclic) bond motifs is 1. The number of hydrogen-bond acceptors (Lipinski definition) is 7. The number of anilines is 1. The van der Waals surface area contributed by atoms with E-state index in [0.29, 0.717) is 24.2 Å². The lowest BCUT2D eigenvalue weighted by molar-refractivity contribution is 0.456. The fraction of sp³-hybridized carbons (Fsp3) is 0.389. The highest BCUT2D eigenvalue weighted by atomic mass is 16.4. The van der Waals surface area contributed by atoms with Crippen LogP contribution in [0.4, 0.5) is 5.82 Å². The van der Waals surface area contributed by atoms with E-state index in [1.54, 1.807) is 6.20 Å². The zero-order valence-corrected chi connectivity index (χ0v) is 13.8. The van der Waals surface area contributed by atoms with E-state index >= 15 is 0 Å². The molecule has 0 saturated heterocycles. The molecule has 2 aliphatic carbocycles. The number of aromatic nitrogens is 5. The van der Waals surface area contributed by atoms with Gasteiger partial charge in [0.15, 0.2) is 5.82 Å². The molecule has 3 heterocycles. The molecule has 0 atom stereocenters. The van der Waals surface area contributed by atoms with Crippen molar-refractivity contribution in [3.8, 4) is 11.5 Å². The Kier molecular flexibility index (Phi) is 3.43. The summed E-state index contributed by atoms with van der Waals surface area (Å²) in [5.41, 5.74) is 3.10. The monoisotopic (exact) mass is 334 g/mol. The van der Waals surface area contributed by atoms with E-state index in [1.165, 1.54) is 5.56 Å². The molecule has 3 aromatic rings. The van der Waals surface area contributed by atoms with Crippen molar-refractivity contribution in [1.29, 1.82) is 0 Å². The first-order chi connectivity index (χ1) is 12.4. The van der Waals surface area contributed by atoms with Crippen LogP contribution in [0.3, 0.4) is 0 Å². The molecule has 1 N–H and O–H groups in total. The molecule has 0 radical (unpaired) electrons. The molecule has 7 nitrogen and oxygen atoms in total. The van der Waals surface area contributed by atoms with E-state index < -0.39 is 0 Å². The fourth-order valence-corrected chi connectivity index (χ4v) is 3.18. The first kappa shape index (κ1) is 14.5. The van der Waals surface area contributed by atoms with Crippen molar-refractivity contribution in [3.63, 3.8) is 0 Å². The van der Waals surface area contributed by atoms with Gasteiger partial charge in [0.25, 0.3) is 0 Å². The highest BCUT2D eigenvalue weighted by molar-refractivity contribution is 5.57. The van der Waals surface area contributed by atoms with Gasteiger partial charge in [0.1, 0.15) is 11.5 Å². The van der Waals surface area contributed by atoms with Crippen molar-refractivity contribution < 1.29 is 4.42 Å². The van der Waals surface area contributed by atoms with Crippen LogP contribution in [0.25, 0.3) is 11.5 Å². The number of hydrogen-bond donors (Lipinski definition) is 1. The van der Waals surface area contributed by atoms with Crippen LogP contribution >= 0.6 is 0 Å². The molecule has 0 spiro atoms. The maximum Gasteiger partial charge on any atom is 0.235 e. The molecule has 25 heavy (non-hydrogen) atoms. The van der Waals surface area contributed by atoms with Gasteiger partial charge in [0, 0.05) is 23.4 Å². The van der Waals surface area contributed by atoms with Gasteiger partial charge < -0.3 is 9.73 Å². The van der Waals surface area contributed by atoms with Crippen LogP contribution in [0.2, 0.25) is 0 Å². The lowest BCUT2D eigenvalue weighted by Crippen LogP contribution is -2.08. The molecule has 1 fully saturated rings. The van der Waals surface area contributed by atoms with E-state index in [0.717, 1.165) is 55.2 Å². The van der Waals surface area contributed by atoms with Gasteiger partial charge in [0.2, 0.25) is 11.8 Å². The van der Waals surface area contributed by atoms with Gasteiger partial charge in [-0.05, 0) is 44.2 Å². The average molecular weight is 334 g/mol. The van der Waals surface area contributed by atoms with E-state index in [4.69, 9.17) is 14.4 Å². The zero-order chi connectivity index (χ0) is 16.6. The minimum absolute atomic E-state index is 0.473. The third-order valence-electron chi connectivity index (χ3n) is 4.64. The summed E-state index contributed by atoms with van der Waals surface area (Å²) in [6, 6.07) is 5.77. The molecule has 2 aliphatic rings. The van der Waals surface area contributed by atoms with Crippen molar-refractivity contribution >= 4 is 5.82 Å². The third-order valence-corrected chi connectivity index (χ3v) is 4.64. The largest absolute Gasteiger partial charge is 0.423 e. The van der Waals surface area contributed by atoms with Gasteiger partial charge in [-0.2, -0.15) is 0 Å². The second kappa shape index (κ2) is 5.91. The molecule has 3 aromatic heterocycles. The molecule has 5 rings (SSSR count). The van der Waals surface area contributed by atoms with E-state index in [9.17, 15) is 0 Å². The normalized spacial score (nSPS) is 16.0. The molecule has 1 saturated carbocycles. The Labute approximate surface area is 144 Å². The Bertz CT molecular complexity index is 903. The molecule has 0 amide bonds. The van der Waals surface area contributed by atoms with Crippen molar-refractivity contribution in [2.75, 3.05) is 5.32 Å². The number of aryl methyl sites for hydroxylation is 1. The summed E-state index contributed by atoms with van der Waals surface area (Å²) in [4.78, 5) is 13.8. The van der Waals surface area contributed by atoms with Crippen LogP contribution in [0.1, 0.15) is 48.2 Å². The predicted octanol–water partition coefficient (Wildman–Crippen LogP) is 2.90. The highest BCUT2D eigenvalue weighted by Gasteiger charge is 2.29. The Balaban J connectivity index is 1.42. The minimum atomic E-state index is 0.473. The summed E-state index contributed by atoms with van der Waals surface area (Å²) in [6.45, 7) is 0.477. The second-order valence-electron chi connectivity index (χ2n) is 6.55. The highest BCUT2D eigenvalue weighted by Crippen LogP contribution is 2.39. The Morgan fingerprint density at radius 2 is 2.08 bits per heavy atom. The Hall–Kier alpha value is -2.83. The van der Waals surface area contributed by atoms with Crippen molar-refractivity contribution in [1.82, 2.24) is 25.1 Å². The van der Waals surface area contributed by atoms with Crippen molar-refractivity contribution in [3.05, 3.63) is 47.4 Å². The molecular weight excluding hydrogens is 316 g/mol. The zero-order valence-electron chi connectivity index (χ0n) is 13.8. The van der Waals surface area contributed by atoms with Gasteiger partial charge in [-0.3, -0.25) is 4.98 Å². The smallest absolute Gasteiger partial charge is 0.235 e. The molecule has 0 bridgehead atoms. The maximum absolute atomic E-state index is 5.72. The van der Waals surface area contributed by atoms with Crippen LogP contribution in [-0.4, -0.2) is 25.1 Å². The SMILES string of the molecule is c1ccc(-c2nc3c(c(NCc4nnc(C5CC5)o4)n2)CCC3)nc1. The van der Waals surface area contributed by atoms with Gasteiger partial charge in [-0.1, -0.05) is 6.07 Å². The summed E-state index contributed by atoms with van der Waals surface area (Å²) in [7, 11) is 0. The predicted molar refractivity (Wildman–Crippen MR) is 90.9 cm³/mol. The summed E-state index contributed by atoms with van der Waals surface area (Å²) in [5.74, 6) is 3.35. The maximum atomic E-state index is 5.72. The van der Waals surface area contributed by atoms with E-state index in [-0.39, 0.29) is 0 Å². The summed E-state index contributed by atoms with van der Waals surface area (Å²) >= 11 is 0. The van der Waals surface area contributed by atoms with Crippen molar-refractivity contribution in [2.24, 2.45) is 0 Å². The summed E-state index contributed by atoms with van der Waals surface area (Å²) in [5, 5.41) is 11.6. The van der Waals surface area contributed by atoms with Gasteiger partial charge in [-0.25, -0.2) is 9.97 Å².